The maximum Gasteiger partial charge on any atom is 0.247 e. The summed E-state index contributed by atoms with van der Waals surface area (Å²) in [6.07, 6.45) is 0.940. The molecule has 0 saturated carbocycles. The molecule has 0 saturated heterocycles. The summed E-state index contributed by atoms with van der Waals surface area (Å²) in [5, 5.41) is 6.39. The van der Waals surface area contributed by atoms with E-state index >= 15 is 0 Å². The fraction of sp³-hybridized carbons (Fsp3) is 0.200. The van der Waals surface area contributed by atoms with Crippen molar-refractivity contribution in [3.63, 3.8) is 0 Å². The van der Waals surface area contributed by atoms with E-state index < -0.39 is 0 Å². The number of nitrogens with one attached hydrogen (secondary N) is 2. The van der Waals surface area contributed by atoms with Crippen LogP contribution in [0.3, 0.4) is 0 Å². The molecule has 20 heavy (non-hydrogen) atoms. The van der Waals surface area contributed by atoms with Gasteiger partial charge in [0.1, 0.15) is 17.0 Å². The zero-order chi connectivity index (χ0) is 13.9. The van der Waals surface area contributed by atoms with Gasteiger partial charge in [0.05, 0.1) is 0 Å². The highest BCUT2D eigenvalue weighted by molar-refractivity contribution is 6.29. The number of hydrogen-bond donors (Lipinski definition) is 2. The molecule has 0 radical (unpaired) electrons. The first kappa shape index (κ1) is 13.1. The van der Waals surface area contributed by atoms with Crippen LogP contribution >= 0.6 is 11.6 Å². The number of fused-ring (bicyclic) bond motifs is 1. The number of amides is 1. The van der Waals surface area contributed by atoms with Crippen molar-refractivity contribution >= 4 is 23.3 Å². The number of carbonyl (C=O) groups excluding carboxylic acids is 1. The molecule has 5 heteroatoms. The third kappa shape index (κ3) is 2.66. The first-order valence-corrected chi connectivity index (χ1v) is 6.86. The lowest BCUT2D eigenvalue weighted by atomic mass is 9.94. The average Bonchev–Trinajstić information content (AvgIpc) is 2.46. The summed E-state index contributed by atoms with van der Waals surface area (Å²) in [6, 6.07) is 12.8. The van der Waals surface area contributed by atoms with Crippen molar-refractivity contribution in [3.05, 3.63) is 58.7 Å². The monoisotopic (exact) mass is 287 g/mol. The van der Waals surface area contributed by atoms with Gasteiger partial charge in [-0.05, 0) is 29.7 Å². The van der Waals surface area contributed by atoms with Crippen molar-refractivity contribution < 1.29 is 4.79 Å². The molecule has 2 heterocycles. The van der Waals surface area contributed by atoms with E-state index in [1.807, 2.05) is 18.2 Å². The van der Waals surface area contributed by atoms with E-state index in [0.29, 0.717) is 11.0 Å². The SMILES string of the molecule is O=C(Nc1cccc(Cl)n1)C1NCCc2ccccc21. The maximum atomic E-state index is 12.4. The number of aromatic nitrogens is 1. The van der Waals surface area contributed by atoms with Gasteiger partial charge < -0.3 is 10.6 Å². The van der Waals surface area contributed by atoms with Crippen molar-refractivity contribution in [1.82, 2.24) is 10.3 Å². The van der Waals surface area contributed by atoms with E-state index in [2.05, 4.69) is 21.7 Å². The molecule has 1 aliphatic rings. The predicted octanol–water partition coefficient (Wildman–Crippen LogP) is 2.56. The van der Waals surface area contributed by atoms with Gasteiger partial charge in [-0.1, -0.05) is 41.9 Å². The Morgan fingerprint density at radius 3 is 2.95 bits per heavy atom. The number of hydrogen-bond acceptors (Lipinski definition) is 3. The Bertz CT molecular complexity index is 645. The van der Waals surface area contributed by atoms with E-state index in [1.54, 1.807) is 18.2 Å². The first-order valence-electron chi connectivity index (χ1n) is 6.48. The van der Waals surface area contributed by atoms with Crippen molar-refractivity contribution in [2.75, 3.05) is 11.9 Å². The number of rotatable bonds is 2. The second-order valence-electron chi connectivity index (χ2n) is 4.67. The molecular formula is C15H14ClN3O. The third-order valence-electron chi connectivity index (χ3n) is 3.34. The van der Waals surface area contributed by atoms with E-state index in [-0.39, 0.29) is 11.9 Å². The van der Waals surface area contributed by atoms with Crippen LogP contribution in [0.4, 0.5) is 5.82 Å². The van der Waals surface area contributed by atoms with Crippen LogP contribution in [0.1, 0.15) is 17.2 Å². The van der Waals surface area contributed by atoms with Crippen LogP contribution in [-0.4, -0.2) is 17.4 Å². The van der Waals surface area contributed by atoms with Gasteiger partial charge >= 0.3 is 0 Å². The largest absolute Gasteiger partial charge is 0.309 e. The lowest BCUT2D eigenvalue weighted by Gasteiger charge is -2.25. The van der Waals surface area contributed by atoms with E-state index in [9.17, 15) is 4.79 Å². The molecule has 1 unspecified atom stereocenters. The fourth-order valence-electron chi connectivity index (χ4n) is 2.41. The summed E-state index contributed by atoms with van der Waals surface area (Å²) in [7, 11) is 0. The van der Waals surface area contributed by atoms with Crippen LogP contribution in [0.25, 0.3) is 0 Å². The molecule has 4 nitrogen and oxygen atoms in total. The van der Waals surface area contributed by atoms with Crippen molar-refractivity contribution in [2.45, 2.75) is 12.5 Å². The first-order chi connectivity index (χ1) is 9.74. The van der Waals surface area contributed by atoms with Crippen molar-refractivity contribution in [1.29, 1.82) is 0 Å². The molecule has 1 aromatic heterocycles. The standard InChI is InChI=1S/C15H14ClN3O/c16-12-6-3-7-13(18-12)19-15(20)14-11-5-2-1-4-10(11)8-9-17-14/h1-7,14,17H,8-9H2,(H,18,19,20). The van der Waals surface area contributed by atoms with Crippen LogP contribution in [0.2, 0.25) is 5.15 Å². The Morgan fingerprint density at radius 2 is 2.10 bits per heavy atom. The van der Waals surface area contributed by atoms with Crippen LogP contribution < -0.4 is 10.6 Å². The summed E-state index contributed by atoms with van der Waals surface area (Å²) in [4.78, 5) is 16.5. The highest BCUT2D eigenvalue weighted by atomic mass is 35.5. The Kier molecular flexibility index (Phi) is 3.67. The van der Waals surface area contributed by atoms with Gasteiger partial charge in [0.2, 0.25) is 5.91 Å². The van der Waals surface area contributed by atoms with Gasteiger partial charge in [0.15, 0.2) is 0 Å². The summed E-state index contributed by atoms with van der Waals surface area (Å²) >= 11 is 5.82. The van der Waals surface area contributed by atoms with Gasteiger partial charge in [-0.2, -0.15) is 0 Å². The lowest BCUT2D eigenvalue weighted by Crippen LogP contribution is -2.38. The molecule has 0 bridgehead atoms. The molecular weight excluding hydrogens is 274 g/mol. The predicted molar refractivity (Wildman–Crippen MR) is 78.8 cm³/mol. The van der Waals surface area contributed by atoms with Crippen molar-refractivity contribution in [3.8, 4) is 0 Å². The van der Waals surface area contributed by atoms with E-state index in [0.717, 1.165) is 18.5 Å². The Hall–Kier alpha value is -1.91. The molecule has 2 aromatic rings. The molecule has 3 rings (SSSR count). The summed E-state index contributed by atoms with van der Waals surface area (Å²) < 4.78 is 0. The molecule has 0 spiro atoms. The Morgan fingerprint density at radius 1 is 1.25 bits per heavy atom. The second kappa shape index (κ2) is 5.61. The highest BCUT2D eigenvalue weighted by Gasteiger charge is 2.25. The Balaban J connectivity index is 1.82. The second-order valence-corrected chi connectivity index (χ2v) is 5.06. The molecule has 102 valence electrons. The number of halogens is 1. The fourth-order valence-corrected chi connectivity index (χ4v) is 2.58. The molecule has 1 amide bonds. The summed E-state index contributed by atoms with van der Waals surface area (Å²) in [6.45, 7) is 0.790. The molecule has 1 aliphatic heterocycles. The van der Waals surface area contributed by atoms with Crippen LogP contribution in [0.15, 0.2) is 42.5 Å². The zero-order valence-electron chi connectivity index (χ0n) is 10.8. The van der Waals surface area contributed by atoms with Crippen molar-refractivity contribution in [2.24, 2.45) is 0 Å². The molecule has 1 atom stereocenters. The van der Waals surface area contributed by atoms with E-state index in [1.165, 1.54) is 5.56 Å². The average molecular weight is 288 g/mol. The molecule has 2 N–H and O–H groups in total. The minimum atomic E-state index is -0.347. The summed E-state index contributed by atoms with van der Waals surface area (Å²) in [5.41, 5.74) is 2.24. The molecule has 1 aromatic carbocycles. The van der Waals surface area contributed by atoms with Gasteiger partial charge in [0, 0.05) is 6.54 Å². The Labute approximate surface area is 122 Å². The van der Waals surface area contributed by atoms with Crippen LogP contribution in [0, 0.1) is 0 Å². The lowest BCUT2D eigenvalue weighted by molar-refractivity contribution is -0.118. The quantitative estimate of drug-likeness (QED) is 0.835. The van der Waals surface area contributed by atoms with E-state index in [4.69, 9.17) is 11.6 Å². The number of carbonyl (C=O) groups is 1. The van der Waals surface area contributed by atoms with Gasteiger partial charge in [0.25, 0.3) is 0 Å². The smallest absolute Gasteiger partial charge is 0.247 e. The van der Waals surface area contributed by atoms with Crippen LogP contribution in [0.5, 0.6) is 0 Å². The number of pyridine rings is 1. The molecule has 0 fully saturated rings. The minimum absolute atomic E-state index is 0.119. The van der Waals surface area contributed by atoms with Gasteiger partial charge in [-0.3, -0.25) is 4.79 Å². The summed E-state index contributed by atoms with van der Waals surface area (Å²) in [5.74, 6) is 0.347. The van der Waals surface area contributed by atoms with Gasteiger partial charge in [-0.15, -0.1) is 0 Å². The number of nitrogens with zero attached hydrogens (tertiary/aromatic N) is 1. The van der Waals surface area contributed by atoms with Gasteiger partial charge in [-0.25, -0.2) is 4.98 Å². The number of benzene rings is 1. The highest BCUT2D eigenvalue weighted by Crippen LogP contribution is 2.23. The zero-order valence-corrected chi connectivity index (χ0v) is 11.5. The minimum Gasteiger partial charge on any atom is -0.309 e. The topological polar surface area (TPSA) is 54.0 Å². The third-order valence-corrected chi connectivity index (χ3v) is 3.55. The number of anilines is 1. The molecule has 0 aliphatic carbocycles. The van der Waals surface area contributed by atoms with Crippen LogP contribution in [-0.2, 0) is 11.2 Å². The maximum absolute atomic E-state index is 12.4. The normalized spacial score (nSPS) is 17.4.